The average molecular weight is 231 g/mol. The molecule has 5 aliphatic rings. The second-order valence-corrected chi connectivity index (χ2v) is 8.12. The van der Waals surface area contributed by atoms with Crippen LogP contribution >= 0.6 is 0 Å². The summed E-state index contributed by atoms with van der Waals surface area (Å²) in [5, 5.41) is 0. The van der Waals surface area contributed by atoms with Gasteiger partial charge in [0, 0.05) is 6.04 Å². The van der Waals surface area contributed by atoms with Crippen molar-refractivity contribution in [1.82, 2.24) is 0 Å². The molecule has 5 rings (SSSR count). The van der Waals surface area contributed by atoms with E-state index in [9.17, 15) is 0 Å². The summed E-state index contributed by atoms with van der Waals surface area (Å²) in [7, 11) is 0. The Balaban J connectivity index is 1.55. The molecular formula is C16H25N. The van der Waals surface area contributed by atoms with Crippen molar-refractivity contribution in [1.29, 1.82) is 0 Å². The predicted octanol–water partition coefficient (Wildman–Crippen LogP) is 3.47. The molecule has 0 radical (unpaired) electrons. The van der Waals surface area contributed by atoms with Gasteiger partial charge in [0.25, 0.3) is 0 Å². The van der Waals surface area contributed by atoms with Crippen LogP contribution in [-0.4, -0.2) is 6.04 Å². The molecule has 0 saturated heterocycles. The molecule has 0 aromatic heterocycles. The van der Waals surface area contributed by atoms with Crippen molar-refractivity contribution in [2.75, 3.05) is 0 Å². The largest absolute Gasteiger partial charge is 0.327 e. The molecule has 0 amide bonds. The highest BCUT2D eigenvalue weighted by molar-refractivity contribution is 5.36. The van der Waals surface area contributed by atoms with Crippen LogP contribution in [0.1, 0.15) is 64.2 Å². The second kappa shape index (κ2) is 2.61. The minimum Gasteiger partial charge on any atom is -0.327 e. The Labute approximate surface area is 105 Å². The number of hydrogen-bond donors (Lipinski definition) is 1. The fourth-order valence-corrected chi connectivity index (χ4v) is 7.47. The van der Waals surface area contributed by atoms with Gasteiger partial charge in [0.05, 0.1) is 0 Å². The zero-order chi connectivity index (χ0) is 11.3. The first kappa shape index (κ1) is 9.83. The topological polar surface area (TPSA) is 26.0 Å². The average Bonchev–Trinajstić information content (AvgIpc) is 2.61. The van der Waals surface area contributed by atoms with Crippen molar-refractivity contribution in [2.24, 2.45) is 33.8 Å². The second-order valence-electron chi connectivity index (χ2n) is 8.12. The van der Waals surface area contributed by atoms with Crippen molar-refractivity contribution < 1.29 is 0 Å². The molecular weight excluding hydrogens is 206 g/mol. The van der Waals surface area contributed by atoms with Gasteiger partial charge in [-0.15, -0.1) is 0 Å². The molecule has 3 atom stereocenters. The van der Waals surface area contributed by atoms with E-state index in [2.05, 4.69) is 0 Å². The Kier molecular flexibility index (Phi) is 1.51. The summed E-state index contributed by atoms with van der Waals surface area (Å²) in [4.78, 5) is 0. The lowest BCUT2D eigenvalue weighted by atomic mass is 9.67. The molecule has 5 saturated carbocycles. The van der Waals surface area contributed by atoms with E-state index in [1.54, 1.807) is 32.1 Å². The van der Waals surface area contributed by atoms with Crippen LogP contribution < -0.4 is 5.73 Å². The van der Waals surface area contributed by atoms with Crippen LogP contribution in [0.2, 0.25) is 0 Å². The Morgan fingerprint density at radius 1 is 0.765 bits per heavy atom. The summed E-state index contributed by atoms with van der Waals surface area (Å²) in [6.07, 6.45) is 15.4. The van der Waals surface area contributed by atoms with Crippen LogP contribution in [0, 0.1) is 28.1 Å². The van der Waals surface area contributed by atoms with E-state index in [-0.39, 0.29) is 0 Å². The molecule has 94 valence electrons. The third kappa shape index (κ3) is 0.785. The molecule has 1 heteroatoms. The molecule has 17 heavy (non-hydrogen) atoms. The van der Waals surface area contributed by atoms with Crippen molar-refractivity contribution in [3.8, 4) is 0 Å². The van der Waals surface area contributed by atoms with Crippen molar-refractivity contribution in [3.63, 3.8) is 0 Å². The summed E-state index contributed by atoms with van der Waals surface area (Å²) in [6.45, 7) is 0. The van der Waals surface area contributed by atoms with Gasteiger partial charge in [-0.1, -0.05) is 12.8 Å². The van der Waals surface area contributed by atoms with Crippen LogP contribution in [0.25, 0.3) is 0 Å². The predicted molar refractivity (Wildman–Crippen MR) is 68.4 cm³/mol. The minimum atomic E-state index is 0.564. The fourth-order valence-electron chi connectivity index (χ4n) is 7.47. The molecule has 3 spiro atoms. The monoisotopic (exact) mass is 231 g/mol. The van der Waals surface area contributed by atoms with E-state index in [0.29, 0.717) is 6.04 Å². The lowest BCUT2D eigenvalue weighted by Crippen LogP contribution is -2.31. The van der Waals surface area contributed by atoms with E-state index in [4.69, 9.17) is 5.73 Å². The smallest absolute Gasteiger partial charge is 0.00701 e. The van der Waals surface area contributed by atoms with E-state index < -0.39 is 0 Å². The Bertz CT molecular complexity index is 355. The Morgan fingerprint density at radius 2 is 1.41 bits per heavy atom. The standard InChI is InChI=1S/C16H25N/c17-13-8-11-7-12(13)10-16(9-11)14(3-1-4-14)15(16)5-2-6-15/h11-13H,1-10,17H2. The minimum absolute atomic E-state index is 0.564. The highest BCUT2D eigenvalue weighted by atomic mass is 14.9. The number of hydrogen-bond acceptors (Lipinski definition) is 1. The van der Waals surface area contributed by atoms with Gasteiger partial charge >= 0.3 is 0 Å². The lowest BCUT2D eigenvalue weighted by molar-refractivity contribution is 0.124. The van der Waals surface area contributed by atoms with Crippen molar-refractivity contribution in [3.05, 3.63) is 0 Å². The van der Waals surface area contributed by atoms with Crippen LogP contribution in [-0.2, 0) is 0 Å². The maximum absolute atomic E-state index is 6.36. The third-order valence-electron chi connectivity index (χ3n) is 8.19. The molecule has 5 fully saturated rings. The third-order valence-corrected chi connectivity index (χ3v) is 8.19. The van der Waals surface area contributed by atoms with Gasteiger partial charge in [0.1, 0.15) is 0 Å². The van der Waals surface area contributed by atoms with Crippen LogP contribution in [0.3, 0.4) is 0 Å². The summed E-state index contributed by atoms with van der Waals surface area (Å²) in [6, 6.07) is 0.564. The Hall–Kier alpha value is -0.0400. The number of nitrogens with two attached hydrogens (primary N) is 1. The molecule has 0 heterocycles. The molecule has 5 aliphatic carbocycles. The normalized spacial score (nSPS) is 50.3. The van der Waals surface area contributed by atoms with Crippen LogP contribution in [0.4, 0.5) is 0 Å². The van der Waals surface area contributed by atoms with E-state index >= 15 is 0 Å². The maximum atomic E-state index is 6.36. The van der Waals surface area contributed by atoms with Crippen LogP contribution in [0.5, 0.6) is 0 Å². The molecule has 0 aromatic carbocycles. The first-order valence-electron chi connectivity index (χ1n) is 7.99. The van der Waals surface area contributed by atoms with E-state index in [1.165, 1.54) is 32.1 Å². The first-order valence-corrected chi connectivity index (χ1v) is 7.99. The Morgan fingerprint density at radius 3 is 1.88 bits per heavy atom. The summed E-state index contributed by atoms with van der Waals surface area (Å²) in [5.41, 5.74) is 8.90. The molecule has 2 N–H and O–H groups in total. The van der Waals surface area contributed by atoms with E-state index in [1.807, 2.05) is 0 Å². The van der Waals surface area contributed by atoms with Crippen molar-refractivity contribution in [2.45, 2.75) is 70.3 Å². The van der Waals surface area contributed by atoms with Gasteiger partial charge in [-0.2, -0.15) is 0 Å². The van der Waals surface area contributed by atoms with Crippen LogP contribution in [0.15, 0.2) is 0 Å². The SMILES string of the molecule is NC1CC2CC1CC1(C2)C2(CCC2)C12CCC2. The summed E-state index contributed by atoms with van der Waals surface area (Å²) < 4.78 is 0. The quantitative estimate of drug-likeness (QED) is 0.678. The molecule has 3 unspecified atom stereocenters. The van der Waals surface area contributed by atoms with Crippen molar-refractivity contribution >= 4 is 0 Å². The van der Waals surface area contributed by atoms with Gasteiger partial charge < -0.3 is 5.73 Å². The van der Waals surface area contributed by atoms with Gasteiger partial charge in [-0.3, -0.25) is 0 Å². The molecule has 2 bridgehead atoms. The lowest BCUT2D eigenvalue weighted by Gasteiger charge is -2.38. The zero-order valence-corrected chi connectivity index (χ0v) is 10.9. The molecule has 0 aliphatic heterocycles. The molecule has 0 aromatic rings. The fraction of sp³-hybridized carbons (Fsp3) is 1.00. The first-order chi connectivity index (χ1) is 8.23. The van der Waals surface area contributed by atoms with E-state index in [0.717, 1.165) is 28.1 Å². The van der Waals surface area contributed by atoms with Gasteiger partial charge in [-0.25, -0.2) is 0 Å². The molecule has 1 nitrogen and oxygen atoms in total. The zero-order valence-electron chi connectivity index (χ0n) is 10.9. The number of rotatable bonds is 0. The summed E-state index contributed by atoms with van der Waals surface area (Å²) in [5.74, 6) is 1.92. The summed E-state index contributed by atoms with van der Waals surface area (Å²) >= 11 is 0. The number of fused-ring (bicyclic) bond motifs is 5. The van der Waals surface area contributed by atoms with Gasteiger partial charge in [0.2, 0.25) is 0 Å². The van der Waals surface area contributed by atoms with Gasteiger partial charge in [-0.05, 0) is 79.4 Å². The maximum Gasteiger partial charge on any atom is 0.00701 e. The van der Waals surface area contributed by atoms with Gasteiger partial charge in [0.15, 0.2) is 0 Å². The highest BCUT2D eigenvalue weighted by Crippen LogP contribution is 2.95. The highest BCUT2D eigenvalue weighted by Gasteiger charge is 2.88.